The van der Waals surface area contributed by atoms with Gasteiger partial charge in [-0.2, -0.15) is 5.10 Å². The summed E-state index contributed by atoms with van der Waals surface area (Å²) in [5.74, 6) is -1.26. The maximum Gasteiger partial charge on any atom is 0.354 e. The van der Waals surface area contributed by atoms with Crippen molar-refractivity contribution < 1.29 is 14.7 Å². The lowest BCUT2D eigenvalue weighted by atomic mass is 10.0. The molecule has 0 aliphatic rings. The fourth-order valence-electron chi connectivity index (χ4n) is 2.92. The minimum Gasteiger partial charge on any atom is -0.477 e. The van der Waals surface area contributed by atoms with Crippen molar-refractivity contribution in [1.29, 1.82) is 0 Å². The molecule has 8 nitrogen and oxygen atoms in total. The number of nitrogens with one attached hydrogen (secondary N) is 1. The third kappa shape index (κ3) is 3.07. The number of pyridine rings is 1. The zero-order chi connectivity index (χ0) is 19.7. The Balaban J connectivity index is 1.76. The highest BCUT2D eigenvalue weighted by atomic mass is 16.4. The molecule has 0 spiro atoms. The van der Waals surface area contributed by atoms with E-state index in [0.717, 1.165) is 11.1 Å². The van der Waals surface area contributed by atoms with Crippen LogP contribution in [0.15, 0.2) is 61.1 Å². The average molecular weight is 373 g/mol. The molecule has 2 N–H and O–H groups in total. The summed E-state index contributed by atoms with van der Waals surface area (Å²) in [6, 6.07) is 12.3. The summed E-state index contributed by atoms with van der Waals surface area (Å²) < 4.78 is 1.63. The van der Waals surface area contributed by atoms with Gasteiger partial charge >= 0.3 is 5.97 Å². The molecule has 1 amide bonds. The summed E-state index contributed by atoms with van der Waals surface area (Å²) in [6.45, 7) is 0. The molecule has 0 aliphatic heterocycles. The molecule has 28 heavy (non-hydrogen) atoms. The number of fused-ring (bicyclic) bond motifs is 1. The van der Waals surface area contributed by atoms with Gasteiger partial charge in [0.25, 0.3) is 5.91 Å². The fourth-order valence-corrected chi connectivity index (χ4v) is 2.92. The van der Waals surface area contributed by atoms with Gasteiger partial charge in [-0.1, -0.05) is 12.1 Å². The summed E-state index contributed by atoms with van der Waals surface area (Å²) in [5.41, 5.74) is 4.09. The Morgan fingerprint density at radius 1 is 1.00 bits per heavy atom. The molecule has 8 heteroatoms. The van der Waals surface area contributed by atoms with Gasteiger partial charge in [-0.05, 0) is 35.9 Å². The summed E-state index contributed by atoms with van der Waals surface area (Å²) in [6.07, 6.45) is 4.76. The summed E-state index contributed by atoms with van der Waals surface area (Å²) in [7, 11) is 1.59. The van der Waals surface area contributed by atoms with Crippen LogP contribution < -0.4 is 5.32 Å². The third-order valence-electron chi connectivity index (χ3n) is 4.32. The van der Waals surface area contributed by atoms with Crippen LogP contribution in [0.1, 0.15) is 20.8 Å². The zero-order valence-corrected chi connectivity index (χ0v) is 14.8. The van der Waals surface area contributed by atoms with Crippen LogP contribution in [0.5, 0.6) is 0 Å². The third-order valence-corrected chi connectivity index (χ3v) is 4.32. The maximum absolute atomic E-state index is 11.9. The molecule has 138 valence electrons. The molecule has 0 atom stereocenters. The van der Waals surface area contributed by atoms with Gasteiger partial charge in [-0.25, -0.2) is 19.3 Å². The van der Waals surface area contributed by atoms with Crippen LogP contribution in [-0.2, 0) is 0 Å². The van der Waals surface area contributed by atoms with E-state index in [1.165, 1.54) is 12.3 Å². The first-order chi connectivity index (χ1) is 13.6. The lowest BCUT2D eigenvalue weighted by Gasteiger charge is -2.06. The van der Waals surface area contributed by atoms with Crippen LogP contribution in [-0.4, -0.2) is 43.6 Å². The number of carbonyl (C=O) groups excluding carboxylic acids is 1. The van der Waals surface area contributed by atoms with Gasteiger partial charge in [0.2, 0.25) is 0 Å². The number of aromatic carboxylic acids is 1. The number of rotatable bonds is 4. The molecule has 3 aromatic heterocycles. The number of hydrogen-bond donors (Lipinski definition) is 2. The van der Waals surface area contributed by atoms with E-state index >= 15 is 0 Å². The van der Waals surface area contributed by atoms with E-state index in [1.807, 2.05) is 18.2 Å². The predicted molar refractivity (Wildman–Crippen MR) is 102 cm³/mol. The van der Waals surface area contributed by atoms with E-state index in [1.54, 1.807) is 42.2 Å². The number of carboxylic acid groups (broad SMARTS) is 1. The van der Waals surface area contributed by atoms with E-state index < -0.39 is 5.97 Å². The number of hydrogen-bond acceptors (Lipinski definition) is 5. The Bertz CT molecular complexity index is 1220. The second kappa shape index (κ2) is 6.92. The van der Waals surface area contributed by atoms with Crippen LogP contribution >= 0.6 is 0 Å². The van der Waals surface area contributed by atoms with Crippen molar-refractivity contribution in [2.24, 2.45) is 0 Å². The van der Waals surface area contributed by atoms with Crippen molar-refractivity contribution in [2.75, 3.05) is 7.05 Å². The van der Waals surface area contributed by atoms with E-state index in [2.05, 4.69) is 20.4 Å². The summed E-state index contributed by atoms with van der Waals surface area (Å²) in [5, 5.41) is 16.2. The quantitative estimate of drug-likeness (QED) is 0.569. The maximum atomic E-state index is 11.9. The molecule has 1 aromatic carbocycles. The van der Waals surface area contributed by atoms with E-state index in [0.29, 0.717) is 22.5 Å². The van der Waals surface area contributed by atoms with Crippen molar-refractivity contribution in [1.82, 2.24) is 24.9 Å². The molecular weight excluding hydrogens is 358 g/mol. The van der Waals surface area contributed by atoms with Crippen LogP contribution in [0.3, 0.4) is 0 Å². The fraction of sp³-hybridized carbons (Fsp3) is 0.0500. The SMILES string of the molecule is CNC(=O)c1cccc(-c2cnn3c(-c4ccnc(C(=O)O)c4)cnc3c2)c1. The molecular formula is C20H15N5O3. The van der Waals surface area contributed by atoms with E-state index in [9.17, 15) is 9.59 Å². The van der Waals surface area contributed by atoms with Crippen molar-refractivity contribution in [3.8, 4) is 22.4 Å². The molecule has 0 bridgehead atoms. The second-order valence-corrected chi connectivity index (χ2v) is 6.05. The molecule has 3 heterocycles. The number of carboxylic acids is 1. The Hall–Kier alpha value is -4.07. The number of amides is 1. The van der Waals surface area contributed by atoms with Crippen molar-refractivity contribution in [2.45, 2.75) is 0 Å². The van der Waals surface area contributed by atoms with Crippen LogP contribution in [0, 0.1) is 0 Å². The number of carbonyl (C=O) groups is 2. The number of imidazole rings is 1. The van der Waals surface area contributed by atoms with Gasteiger partial charge in [0, 0.05) is 29.9 Å². The van der Waals surface area contributed by atoms with Gasteiger partial charge in [-0.3, -0.25) is 4.79 Å². The normalized spacial score (nSPS) is 10.8. The average Bonchev–Trinajstić information content (AvgIpc) is 3.16. The number of benzene rings is 1. The van der Waals surface area contributed by atoms with Gasteiger partial charge in [0.05, 0.1) is 18.1 Å². The molecule has 0 unspecified atom stereocenters. The zero-order valence-electron chi connectivity index (χ0n) is 14.8. The van der Waals surface area contributed by atoms with Gasteiger partial charge < -0.3 is 10.4 Å². The molecule has 0 radical (unpaired) electrons. The van der Waals surface area contributed by atoms with Crippen molar-refractivity contribution >= 4 is 17.5 Å². The largest absolute Gasteiger partial charge is 0.477 e. The standard InChI is InChI=1S/C20H15N5O3/c1-21-19(26)14-4-2-3-12(7-14)15-9-18-23-11-17(25(18)24-10-15)13-5-6-22-16(8-13)20(27)28/h2-11H,1H3,(H,21,26)(H,27,28). The van der Waals surface area contributed by atoms with Crippen molar-refractivity contribution in [3.05, 3.63) is 72.3 Å². The minimum absolute atomic E-state index is 0.0462. The lowest BCUT2D eigenvalue weighted by molar-refractivity contribution is 0.0690. The van der Waals surface area contributed by atoms with E-state index in [-0.39, 0.29) is 11.6 Å². The molecule has 0 saturated carbocycles. The predicted octanol–water partition coefficient (Wildman–Crippen LogP) is 2.52. The molecule has 0 fully saturated rings. The number of aromatic nitrogens is 4. The number of nitrogens with zero attached hydrogens (tertiary/aromatic N) is 4. The first kappa shape index (κ1) is 17.3. The lowest BCUT2D eigenvalue weighted by Crippen LogP contribution is -2.17. The van der Waals surface area contributed by atoms with Gasteiger partial charge in [0.1, 0.15) is 5.69 Å². The Morgan fingerprint density at radius 2 is 1.86 bits per heavy atom. The molecule has 4 rings (SSSR count). The van der Waals surface area contributed by atoms with Gasteiger partial charge in [0.15, 0.2) is 5.65 Å². The van der Waals surface area contributed by atoms with Gasteiger partial charge in [-0.15, -0.1) is 0 Å². The highest BCUT2D eigenvalue weighted by Crippen LogP contribution is 2.24. The first-order valence-corrected chi connectivity index (χ1v) is 8.43. The molecule has 0 aliphatic carbocycles. The van der Waals surface area contributed by atoms with Crippen LogP contribution in [0.4, 0.5) is 0 Å². The molecule has 4 aromatic rings. The highest BCUT2D eigenvalue weighted by molar-refractivity contribution is 5.95. The smallest absolute Gasteiger partial charge is 0.354 e. The Labute approximate surface area is 159 Å². The van der Waals surface area contributed by atoms with Crippen molar-refractivity contribution in [3.63, 3.8) is 0 Å². The Kier molecular flexibility index (Phi) is 4.29. The first-order valence-electron chi connectivity index (χ1n) is 8.43. The monoisotopic (exact) mass is 373 g/mol. The van der Waals surface area contributed by atoms with E-state index in [4.69, 9.17) is 5.11 Å². The van der Waals surface area contributed by atoms with Crippen LogP contribution in [0.25, 0.3) is 28.0 Å². The highest BCUT2D eigenvalue weighted by Gasteiger charge is 2.12. The minimum atomic E-state index is -1.10. The topological polar surface area (TPSA) is 109 Å². The molecule has 0 saturated heterocycles. The Morgan fingerprint density at radius 3 is 2.64 bits per heavy atom. The van der Waals surface area contributed by atoms with Crippen LogP contribution in [0.2, 0.25) is 0 Å². The second-order valence-electron chi connectivity index (χ2n) is 6.05. The summed E-state index contributed by atoms with van der Waals surface area (Å²) >= 11 is 0. The summed E-state index contributed by atoms with van der Waals surface area (Å²) in [4.78, 5) is 31.2.